The van der Waals surface area contributed by atoms with Crippen LogP contribution in [0.15, 0.2) is 52.9 Å². The molecule has 3 heterocycles. The number of anilines is 1. The van der Waals surface area contributed by atoms with Crippen molar-refractivity contribution < 1.29 is 32.1 Å². The number of allylic oxidation sites excluding steroid dienone is 1. The lowest BCUT2D eigenvalue weighted by Gasteiger charge is -2.38. The number of likely N-dealkylation sites (tertiary alicyclic amines) is 1. The highest BCUT2D eigenvalue weighted by atomic mass is 35.5. The van der Waals surface area contributed by atoms with E-state index in [1.807, 2.05) is 25.1 Å². The minimum Gasteiger partial charge on any atom is -0.488 e. The van der Waals surface area contributed by atoms with Gasteiger partial charge in [0.2, 0.25) is 0 Å². The number of nitrogens with zero attached hydrogens (tertiary/aromatic N) is 3. The molecule has 2 aromatic carbocycles. The van der Waals surface area contributed by atoms with Crippen LogP contribution in [-0.4, -0.2) is 78.2 Å². The van der Waals surface area contributed by atoms with E-state index in [2.05, 4.69) is 40.0 Å². The third-order valence-electron chi connectivity index (χ3n) is 10.3. The van der Waals surface area contributed by atoms with Crippen LogP contribution in [0.5, 0.6) is 5.75 Å². The maximum absolute atomic E-state index is 14.2. The molecular formula is C36H45ClF2N4O5S. The molecule has 1 saturated heterocycles. The molecular weight excluding hydrogens is 674 g/mol. The van der Waals surface area contributed by atoms with Crippen molar-refractivity contribution in [3.05, 3.63) is 70.3 Å². The second kappa shape index (κ2) is 14.2. The second-order valence-corrected chi connectivity index (χ2v) is 16.7. The van der Waals surface area contributed by atoms with Crippen molar-refractivity contribution >= 4 is 39.1 Å². The van der Waals surface area contributed by atoms with Crippen molar-refractivity contribution in [2.45, 2.75) is 70.5 Å². The van der Waals surface area contributed by atoms with Gasteiger partial charge in [-0.3, -0.25) is 9.52 Å². The first-order valence-corrected chi connectivity index (χ1v) is 19.1. The SMILES string of the molecule is CO[C@H]1/C=C/C[C@H](C)CS(=O)(NC(=O)N2CC(F)(F)C2)=NC(=O)c2ccc3c(c2)N(C[C@@H]2c4ccc(Cl)cc4CCCC2O3)C[C@H](C)[C@H]1C. The number of halogens is 3. The Labute approximate surface area is 292 Å². The molecule has 4 aliphatic rings. The van der Waals surface area contributed by atoms with Gasteiger partial charge in [-0.05, 0) is 84.9 Å². The highest BCUT2D eigenvalue weighted by Gasteiger charge is 2.47. The minimum absolute atomic E-state index is 0.0431. The summed E-state index contributed by atoms with van der Waals surface area (Å²) in [6, 6.07) is 10.3. The number of fused-ring (bicyclic) bond motifs is 4. The Morgan fingerprint density at radius 1 is 1.14 bits per heavy atom. The third-order valence-corrected chi connectivity index (χ3v) is 12.5. The van der Waals surface area contributed by atoms with Gasteiger partial charge in [0.15, 0.2) is 0 Å². The molecule has 0 spiro atoms. The number of methoxy groups -OCH3 is 1. The summed E-state index contributed by atoms with van der Waals surface area (Å²) in [5, 5.41) is 0.707. The number of aryl methyl sites for hydroxylation is 1. The van der Waals surface area contributed by atoms with E-state index in [1.165, 1.54) is 11.1 Å². The molecule has 3 amide bonds. The summed E-state index contributed by atoms with van der Waals surface area (Å²) >= 11 is 6.42. The zero-order valence-electron chi connectivity index (χ0n) is 28.4. The largest absolute Gasteiger partial charge is 0.488 e. The smallest absolute Gasteiger partial charge is 0.330 e. The lowest BCUT2D eigenvalue weighted by atomic mass is 9.87. The molecule has 1 N–H and O–H groups in total. The van der Waals surface area contributed by atoms with Crippen molar-refractivity contribution in [1.29, 1.82) is 0 Å². The maximum atomic E-state index is 14.2. The van der Waals surface area contributed by atoms with E-state index in [1.54, 1.807) is 25.3 Å². The van der Waals surface area contributed by atoms with Crippen LogP contribution < -0.4 is 14.4 Å². The quantitative estimate of drug-likeness (QED) is 0.333. The second-order valence-electron chi connectivity index (χ2n) is 14.2. The van der Waals surface area contributed by atoms with E-state index in [4.69, 9.17) is 21.1 Å². The first-order valence-electron chi connectivity index (χ1n) is 17.0. The molecule has 2 bridgehead atoms. The van der Waals surface area contributed by atoms with E-state index in [9.17, 15) is 22.6 Å². The number of carbonyl (C=O) groups excluding carboxylic acids is 2. The summed E-state index contributed by atoms with van der Waals surface area (Å²) in [5.41, 5.74) is 3.35. The number of amides is 3. The van der Waals surface area contributed by atoms with Crippen LogP contribution in [0.1, 0.15) is 67.4 Å². The van der Waals surface area contributed by atoms with Gasteiger partial charge in [-0.15, -0.1) is 4.36 Å². The molecule has 49 heavy (non-hydrogen) atoms. The number of hydrogen-bond donors (Lipinski definition) is 1. The van der Waals surface area contributed by atoms with Gasteiger partial charge in [-0.1, -0.05) is 50.6 Å². The van der Waals surface area contributed by atoms with Crippen LogP contribution in [0.4, 0.5) is 19.3 Å². The third kappa shape index (κ3) is 7.91. The standard InChI is InChI=1S/C36H45ClF2N4O5S/c1-22-7-5-9-31(47-4)24(3)23(2)17-42-18-29-28-13-12-27(37)15-25(28)8-6-10-32(29)48-33-14-11-26(16-30(33)42)34(44)40-49(46,19-22)41-35(45)43-20-36(38,39)21-43/h5,9,11-16,22-24,29,31-32H,6-8,10,17-21H2,1-4H3,(H,40,41,44,45,46)/b9-5+/t22-,23-,24+,29+,31-,32?,49?/m0/s1. The Balaban J connectivity index is 1.42. The summed E-state index contributed by atoms with van der Waals surface area (Å²) in [4.78, 5) is 29.8. The highest BCUT2D eigenvalue weighted by molar-refractivity contribution is 7.92. The van der Waals surface area contributed by atoms with Crippen LogP contribution in [0.25, 0.3) is 0 Å². The maximum Gasteiger partial charge on any atom is 0.330 e. The number of alkyl halides is 2. The topological polar surface area (TPSA) is 101 Å². The molecule has 0 saturated carbocycles. The summed E-state index contributed by atoms with van der Waals surface area (Å²) in [6.07, 6.45) is 6.87. The lowest BCUT2D eigenvalue weighted by Crippen LogP contribution is -2.61. The Morgan fingerprint density at radius 3 is 2.65 bits per heavy atom. The van der Waals surface area contributed by atoms with Gasteiger partial charge in [0.05, 0.1) is 30.6 Å². The molecule has 7 atom stereocenters. The van der Waals surface area contributed by atoms with Crippen molar-refractivity contribution in [3.63, 3.8) is 0 Å². The van der Waals surface area contributed by atoms with Crippen LogP contribution >= 0.6 is 11.6 Å². The number of urea groups is 1. The Kier molecular flexibility index (Phi) is 10.3. The molecule has 13 heteroatoms. The molecule has 1 fully saturated rings. The number of nitrogens with one attached hydrogen (secondary N) is 1. The minimum atomic E-state index is -3.69. The van der Waals surface area contributed by atoms with E-state index < -0.39 is 40.9 Å². The predicted octanol–water partition coefficient (Wildman–Crippen LogP) is 7.09. The lowest BCUT2D eigenvalue weighted by molar-refractivity contribution is -0.109. The van der Waals surface area contributed by atoms with E-state index in [0.29, 0.717) is 30.3 Å². The van der Waals surface area contributed by atoms with Gasteiger partial charge in [0.25, 0.3) is 11.8 Å². The first-order chi connectivity index (χ1) is 23.2. The molecule has 9 nitrogen and oxygen atoms in total. The van der Waals surface area contributed by atoms with Crippen LogP contribution in [0.3, 0.4) is 0 Å². The van der Waals surface area contributed by atoms with Crippen LogP contribution in [-0.2, 0) is 21.1 Å². The molecule has 3 aliphatic heterocycles. The fraction of sp³-hybridized carbons (Fsp3) is 0.556. The predicted molar refractivity (Wildman–Crippen MR) is 187 cm³/mol. The summed E-state index contributed by atoms with van der Waals surface area (Å²) in [7, 11) is -2.01. The Hall–Kier alpha value is -3.22. The number of rotatable bonds is 2. The fourth-order valence-electron chi connectivity index (χ4n) is 7.42. The van der Waals surface area contributed by atoms with Crippen LogP contribution in [0, 0.1) is 17.8 Å². The number of ether oxygens (including phenoxy) is 2. The molecule has 2 aromatic rings. The molecule has 0 aromatic heterocycles. The average molecular weight is 719 g/mol. The number of hydrogen-bond acceptors (Lipinski definition) is 6. The van der Waals surface area contributed by atoms with Crippen molar-refractivity contribution in [1.82, 2.24) is 9.62 Å². The van der Waals surface area contributed by atoms with Gasteiger partial charge < -0.3 is 19.3 Å². The van der Waals surface area contributed by atoms with Gasteiger partial charge in [-0.25, -0.2) is 17.8 Å². The normalized spacial score (nSPS) is 32.2. The zero-order chi connectivity index (χ0) is 35.1. The molecule has 266 valence electrons. The summed E-state index contributed by atoms with van der Waals surface area (Å²) < 4.78 is 60.5. The average Bonchev–Trinajstić information content (AvgIpc) is 3.27. The number of carbonyl (C=O) groups is 2. The van der Waals surface area contributed by atoms with Gasteiger partial charge in [-0.2, -0.15) is 0 Å². The van der Waals surface area contributed by atoms with Gasteiger partial charge >= 0.3 is 6.03 Å². The highest BCUT2D eigenvalue weighted by Crippen LogP contribution is 2.43. The van der Waals surface area contributed by atoms with Gasteiger partial charge in [0, 0.05) is 36.7 Å². The summed E-state index contributed by atoms with van der Waals surface area (Å²) in [5.74, 6) is -3.20. The Morgan fingerprint density at radius 2 is 1.92 bits per heavy atom. The number of benzene rings is 2. The Bertz CT molecular complexity index is 1740. The molecule has 6 rings (SSSR count). The summed E-state index contributed by atoms with van der Waals surface area (Å²) in [6.45, 7) is 5.93. The monoisotopic (exact) mass is 718 g/mol. The fourth-order valence-corrected chi connectivity index (χ4v) is 9.50. The van der Waals surface area contributed by atoms with E-state index in [-0.39, 0.29) is 47.2 Å². The van der Waals surface area contributed by atoms with Gasteiger partial charge in [0.1, 0.15) is 21.8 Å². The van der Waals surface area contributed by atoms with Crippen molar-refractivity contribution in [2.24, 2.45) is 22.1 Å². The molecule has 2 unspecified atom stereocenters. The molecule has 0 radical (unpaired) electrons. The molecule has 1 aliphatic carbocycles. The van der Waals surface area contributed by atoms with Crippen LogP contribution in [0.2, 0.25) is 5.02 Å². The zero-order valence-corrected chi connectivity index (χ0v) is 29.9. The van der Waals surface area contributed by atoms with Crippen molar-refractivity contribution in [3.8, 4) is 5.75 Å². The first kappa shape index (κ1) is 35.6. The van der Waals surface area contributed by atoms with E-state index >= 15 is 0 Å². The van der Waals surface area contributed by atoms with Crippen molar-refractivity contribution in [2.75, 3.05) is 43.9 Å². The van der Waals surface area contributed by atoms with E-state index in [0.717, 1.165) is 29.8 Å².